The van der Waals surface area contributed by atoms with Crippen LogP contribution in [0.5, 0.6) is 5.88 Å². The third-order valence-corrected chi connectivity index (χ3v) is 3.35. The van der Waals surface area contributed by atoms with Gasteiger partial charge in [0.2, 0.25) is 11.8 Å². The molecule has 1 N–H and O–H groups in total. The maximum absolute atomic E-state index is 11.3. The Labute approximate surface area is 135 Å². The summed E-state index contributed by atoms with van der Waals surface area (Å²) in [6, 6.07) is 3.53. The molecule has 124 valence electrons. The molecular weight excluding hydrogens is 296 g/mol. The molecule has 2 heterocycles. The van der Waals surface area contributed by atoms with Crippen molar-refractivity contribution >= 4 is 5.91 Å². The van der Waals surface area contributed by atoms with E-state index in [-0.39, 0.29) is 12.0 Å². The average Bonchev–Trinajstić information content (AvgIpc) is 2.97. The lowest BCUT2D eigenvalue weighted by atomic mass is 10.1. The van der Waals surface area contributed by atoms with Crippen molar-refractivity contribution in [1.29, 1.82) is 0 Å². The van der Waals surface area contributed by atoms with Gasteiger partial charge < -0.3 is 14.6 Å². The highest BCUT2D eigenvalue weighted by atomic mass is 16.5. The summed E-state index contributed by atoms with van der Waals surface area (Å²) in [6.07, 6.45) is 2.60. The number of carbonyl (C=O) groups excluding carboxylic acids is 1. The molecule has 2 aromatic heterocycles. The van der Waals surface area contributed by atoms with Crippen LogP contribution in [0.25, 0.3) is 11.5 Å². The number of nitrogens with one attached hydrogen (secondary N) is 1. The Morgan fingerprint density at radius 3 is 2.87 bits per heavy atom. The summed E-state index contributed by atoms with van der Waals surface area (Å²) in [4.78, 5) is 19.8. The Morgan fingerprint density at radius 1 is 1.48 bits per heavy atom. The molecule has 0 aromatic carbocycles. The van der Waals surface area contributed by atoms with Crippen molar-refractivity contribution in [2.75, 3.05) is 0 Å². The zero-order chi connectivity index (χ0) is 17.0. The number of hydrogen-bond acceptors (Lipinski definition) is 6. The van der Waals surface area contributed by atoms with Gasteiger partial charge in [0.15, 0.2) is 5.82 Å². The summed E-state index contributed by atoms with van der Waals surface area (Å²) in [7, 11) is 0. The molecule has 0 unspecified atom stereocenters. The average molecular weight is 318 g/mol. The van der Waals surface area contributed by atoms with Crippen molar-refractivity contribution in [3.8, 4) is 17.3 Å². The zero-order valence-electron chi connectivity index (χ0n) is 14.1. The Bertz CT molecular complexity index is 681. The van der Waals surface area contributed by atoms with Gasteiger partial charge in [-0.15, -0.1) is 0 Å². The van der Waals surface area contributed by atoms with Crippen LogP contribution in [0.2, 0.25) is 0 Å². The van der Waals surface area contributed by atoms with Crippen LogP contribution in [-0.2, 0) is 10.3 Å². The van der Waals surface area contributed by atoms with Gasteiger partial charge >= 0.3 is 0 Å². The quantitative estimate of drug-likeness (QED) is 0.880. The fraction of sp³-hybridized carbons (Fsp3) is 0.500. The van der Waals surface area contributed by atoms with Gasteiger partial charge in [0, 0.05) is 24.8 Å². The van der Waals surface area contributed by atoms with Gasteiger partial charge in [0.25, 0.3) is 5.89 Å². The molecule has 2 aromatic rings. The van der Waals surface area contributed by atoms with Crippen LogP contribution in [0.1, 0.15) is 46.9 Å². The number of aromatic nitrogens is 3. The number of pyridine rings is 1. The lowest BCUT2D eigenvalue weighted by Crippen LogP contribution is -2.40. The molecule has 0 aliphatic carbocycles. The molecule has 0 saturated heterocycles. The first-order valence-electron chi connectivity index (χ1n) is 7.58. The topological polar surface area (TPSA) is 90.1 Å². The van der Waals surface area contributed by atoms with E-state index in [2.05, 4.69) is 20.4 Å². The van der Waals surface area contributed by atoms with Gasteiger partial charge in [0.05, 0.1) is 11.6 Å². The van der Waals surface area contributed by atoms with Crippen LogP contribution in [0, 0.1) is 0 Å². The molecule has 1 amide bonds. The normalized spacial score (nSPS) is 12.7. The minimum atomic E-state index is -0.712. The van der Waals surface area contributed by atoms with E-state index in [0.29, 0.717) is 17.6 Å². The molecule has 0 bridgehead atoms. The first-order chi connectivity index (χ1) is 10.8. The third kappa shape index (κ3) is 4.28. The highest BCUT2D eigenvalue weighted by Gasteiger charge is 2.28. The molecule has 7 heteroatoms. The number of carbonyl (C=O) groups is 1. The predicted octanol–water partition coefficient (Wildman–Crippen LogP) is 2.68. The molecule has 1 atom stereocenters. The number of rotatable bonds is 6. The number of nitrogens with zero attached hydrogens (tertiary/aromatic N) is 3. The molecule has 0 spiro atoms. The van der Waals surface area contributed by atoms with Gasteiger partial charge in [-0.2, -0.15) is 4.98 Å². The molecule has 7 nitrogen and oxygen atoms in total. The Morgan fingerprint density at radius 2 is 2.22 bits per heavy atom. The molecule has 23 heavy (non-hydrogen) atoms. The summed E-state index contributed by atoms with van der Waals surface area (Å²) in [5.74, 6) is 1.12. The molecule has 2 rings (SSSR count). The van der Waals surface area contributed by atoms with Crippen LogP contribution in [0.4, 0.5) is 0 Å². The molecule has 0 radical (unpaired) electrons. The van der Waals surface area contributed by atoms with Gasteiger partial charge in [-0.25, -0.2) is 4.98 Å². The standard InChI is InChI=1S/C16H22N4O3/c1-6-10(2)22-13-9-12(7-8-17-13)14-18-15(20-23-14)16(4,5)19-11(3)21/h7-10H,6H2,1-5H3,(H,19,21)/t10-/m0/s1. The van der Waals surface area contributed by atoms with Crippen LogP contribution in [0.15, 0.2) is 22.9 Å². The lowest BCUT2D eigenvalue weighted by molar-refractivity contribution is -0.120. The zero-order valence-corrected chi connectivity index (χ0v) is 14.1. The Balaban J connectivity index is 2.23. The van der Waals surface area contributed by atoms with E-state index in [4.69, 9.17) is 9.26 Å². The van der Waals surface area contributed by atoms with Crippen molar-refractivity contribution in [3.05, 3.63) is 24.2 Å². The van der Waals surface area contributed by atoms with E-state index < -0.39 is 5.54 Å². The monoisotopic (exact) mass is 318 g/mol. The molecule has 0 saturated carbocycles. The van der Waals surface area contributed by atoms with Gasteiger partial charge in [-0.05, 0) is 33.3 Å². The van der Waals surface area contributed by atoms with Crippen molar-refractivity contribution in [2.24, 2.45) is 0 Å². The van der Waals surface area contributed by atoms with E-state index in [1.54, 1.807) is 18.3 Å². The van der Waals surface area contributed by atoms with E-state index in [0.717, 1.165) is 12.0 Å². The van der Waals surface area contributed by atoms with E-state index in [1.165, 1.54) is 6.92 Å². The largest absolute Gasteiger partial charge is 0.475 e. The van der Waals surface area contributed by atoms with Crippen LogP contribution in [-0.4, -0.2) is 27.1 Å². The first-order valence-corrected chi connectivity index (χ1v) is 7.58. The fourth-order valence-corrected chi connectivity index (χ4v) is 1.99. The second kappa shape index (κ2) is 6.76. The third-order valence-electron chi connectivity index (χ3n) is 3.35. The highest BCUT2D eigenvalue weighted by Crippen LogP contribution is 2.24. The van der Waals surface area contributed by atoms with Crippen LogP contribution in [0.3, 0.4) is 0 Å². The number of hydrogen-bond donors (Lipinski definition) is 1. The van der Waals surface area contributed by atoms with Gasteiger partial charge in [-0.3, -0.25) is 4.79 Å². The predicted molar refractivity (Wildman–Crippen MR) is 84.8 cm³/mol. The lowest BCUT2D eigenvalue weighted by Gasteiger charge is -2.20. The maximum Gasteiger partial charge on any atom is 0.258 e. The SMILES string of the molecule is CC[C@H](C)Oc1cc(-c2nc(C(C)(C)NC(C)=O)no2)ccn1. The van der Waals surface area contributed by atoms with Crippen molar-refractivity contribution in [1.82, 2.24) is 20.4 Å². The minimum absolute atomic E-state index is 0.0784. The second-order valence-corrected chi connectivity index (χ2v) is 5.95. The van der Waals surface area contributed by atoms with Gasteiger partial charge in [-0.1, -0.05) is 12.1 Å². The molecule has 0 fully saturated rings. The summed E-state index contributed by atoms with van der Waals surface area (Å²) in [5.41, 5.74) is 0.00658. The highest BCUT2D eigenvalue weighted by molar-refractivity contribution is 5.73. The van der Waals surface area contributed by atoms with E-state index in [1.807, 2.05) is 27.7 Å². The van der Waals surface area contributed by atoms with E-state index >= 15 is 0 Å². The van der Waals surface area contributed by atoms with Crippen LogP contribution >= 0.6 is 0 Å². The minimum Gasteiger partial charge on any atom is -0.475 e. The Kier molecular flexibility index (Phi) is 4.98. The number of ether oxygens (including phenoxy) is 1. The fourth-order valence-electron chi connectivity index (χ4n) is 1.99. The summed E-state index contributed by atoms with van der Waals surface area (Å²) in [5, 5.41) is 6.75. The smallest absolute Gasteiger partial charge is 0.258 e. The molecule has 0 aliphatic rings. The first kappa shape index (κ1) is 16.9. The summed E-state index contributed by atoms with van der Waals surface area (Å²) >= 11 is 0. The van der Waals surface area contributed by atoms with E-state index in [9.17, 15) is 4.79 Å². The van der Waals surface area contributed by atoms with Crippen LogP contribution < -0.4 is 10.1 Å². The van der Waals surface area contributed by atoms with Crippen molar-refractivity contribution in [3.63, 3.8) is 0 Å². The van der Waals surface area contributed by atoms with Crippen molar-refractivity contribution in [2.45, 2.75) is 52.7 Å². The molecular formula is C16H22N4O3. The molecule has 0 aliphatic heterocycles. The second-order valence-electron chi connectivity index (χ2n) is 5.95. The van der Waals surface area contributed by atoms with Crippen molar-refractivity contribution < 1.29 is 14.1 Å². The summed E-state index contributed by atoms with van der Waals surface area (Å²) in [6.45, 7) is 9.10. The van der Waals surface area contributed by atoms with Gasteiger partial charge in [0.1, 0.15) is 0 Å². The number of amides is 1. The summed E-state index contributed by atoms with van der Waals surface area (Å²) < 4.78 is 11.0. The maximum atomic E-state index is 11.3. The Hall–Kier alpha value is -2.44.